The van der Waals surface area contributed by atoms with E-state index in [2.05, 4.69) is 15.5 Å². The molecule has 2 rings (SSSR count). The molecule has 0 aromatic carbocycles. The van der Waals surface area contributed by atoms with Crippen molar-refractivity contribution in [2.24, 2.45) is 0 Å². The van der Waals surface area contributed by atoms with Crippen molar-refractivity contribution in [2.45, 2.75) is 11.1 Å². The van der Waals surface area contributed by atoms with Crippen LogP contribution in [0.15, 0.2) is 17.3 Å². The van der Waals surface area contributed by atoms with Crippen molar-refractivity contribution in [3.05, 3.63) is 12.3 Å². The molecule has 19 heavy (non-hydrogen) atoms. The van der Waals surface area contributed by atoms with Gasteiger partial charge in [0.25, 0.3) is 10.0 Å². The van der Waals surface area contributed by atoms with Crippen molar-refractivity contribution < 1.29 is 13.2 Å². The van der Waals surface area contributed by atoms with Crippen molar-refractivity contribution >= 4 is 15.9 Å². The zero-order valence-corrected chi connectivity index (χ0v) is 11.6. The first-order valence-corrected chi connectivity index (χ1v) is 7.31. The van der Waals surface area contributed by atoms with E-state index in [1.54, 1.807) is 14.1 Å². The van der Waals surface area contributed by atoms with Crippen LogP contribution in [0.2, 0.25) is 0 Å². The topological polar surface area (TPSA) is 98.4 Å². The Labute approximate surface area is 111 Å². The number of carbonyl (C=O) groups excluding carboxylic acids is 1. The van der Waals surface area contributed by atoms with Crippen LogP contribution in [0.25, 0.3) is 0 Å². The van der Waals surface area contributed by atoms with Gasteiger partial charge >= 0.3 is 0 Å². The normalized spacial score (nSPS) is 21.3. The van der Waals surface area contributed by atoms with Gasteiger partial charge in [0.15, 0.2) is 5.03 Å². The van der Waals surface area contributed by atoms with E-state index in [4.69, 9.17) is 0 Å². The Morgan fingerprint density at radius 2 is 2.26 bits per heavy atom. The van der Waals surface area contributed by atoms with Gasteiger partial charge in [0, 0.05) is 33.7 Å². The van der Waals surface area contributed by atoms with E-state index in [0.717, 1.165) is 0 Å². The minimum Gasteiger partial charge on any atom is -0.347 e. The molecule has 1 unspecified atom stereocenters. The average molecular weight is 287 g/mol. The fourth-order valence-corrected chi connectivity index (χ4v) is 3.48. The number of nitrogens with one attached hydrogen (secondary N) is 2. The second-order valence-electron chi connectivity index (χ2n) is 4.49. The third-order valence-electron chi connectivity index (χ3n) is 2.98. The molecule has 2 heterocycles. The monoisotopic (exact) mass is 287 g/mol. The average Bonchev–Trinajstić information content (AvgIpc) is 2.92. The lowest BCUT2D eigenvalue weighted by atomic mass is 10.2. The standard InChI is InChI=1S/C10H17N5O3S/c1-14(2)10(16)8-7-11-5-6-15(8)19(17,18)9-3-4-12-13-9/h3-4,8,11H,5-7H2,1-2H3,(H,12,13). The summed E-state index contributed by atoms with van der Waals surface area (Å²) in [5, 5.41) is 9.13. The quantitative estimate of drug-likeness (QED) is 0.702. The van der Waals surface area contributed by atoms with E-state index >= 15 is 0 Å². The summed E-state index contributed by atoms with van der Waals surface area (Å²) in [5.41, 5.74) is 0. The highest BCUT2D eigenvalue weighted by molar-refractivity contribution is 7.89. The number of rotatable bonds is 3. The third kappa shape index (κ3) is 2.62. The Hall–Kier alpha value is -1.45. The lowest BCUT2D eigenvalue weighted by Crippen LogP contribution is -2.59. The van der Waals surface area contributed by atoms with Crippen LogP contribution in [0.3, 0.4) is 0 Å². The molecule has 1 aliphatic heterocycles. The van der Waals surface area contributed by atoms with Crippen LogP contribution < -0.4 is 5.32 Å². The first kappa shape index (κ1) is 14.0. The van der Waals surface area contributed by atoms with Crippen molar-refractivity contribution in [3.63, 3.8) is 0 Å². The summed E-state index contributed by atoms with van der Waals surface area (Å²) in [6, 6.07) is 0.659. The number of carbonyl (C=O) groups is 1. The summed E-state index contributed by atoms with van der Waals surface area (Å²) in [6.07, 6.45) is 1.37. The number of H-pyrrole nitrogens is 1. The van der Waals surface area contributed by atoms with Crippen LogP contribution >= 0.6 is 0 Å². The first-order chi connectivity index (χ1) is 8.94. The molecule has 8 nitrogen and oxygen atoms in total. The van der Waals surface area contributed by atoms with Crippen molar-refractivity contribution in [2.75, 3.05) is 33.7 Å². The maximum absolute atomic E-state index is 12.4. The van der Waals surface area contributed by atoms with Crippen LogP contribution in [0.1, 0.15) is 0 Å². The molecule has 1 fully saturated rings. The second-order valence-corrected chi connectivity index (χ2v) is 6.35. The number of hydrogen-bond acceptors (Lipinski definition) is 5. The molecule has 1 aromatic rings. The molecule has 1 aromatic heterocycles. The first-order valence-electron chi connectivity index (χ1n) is 5.87. The second kappa shape index (κ2) is 5.27. The highest BCUT2D eigenvalue weighted by Gasteiger charge is 2.38. The van der Waals surface area contributed by atoms with Crippen LogP contribution in [0.5, 0.6) is 0 Å². The lowest BCUT2D eigenvalue weighted by molar-refractivity contribution is -0.133. The van der Waals surface area contributed by atoms with Gasteiger partial charge in [-0.25, -0.2) is 8.42 Å². The van der Waals surface area contributed by atoms with Crippen molar-refractivity contribution in [1.82, 2.24) is 24.7 Å². The Kier molecular flexibility index (Phi) is 3.88. The molecular formula is C10H17N5O3S. The maximum Gasteiger partial charge on any atom is 0.260 e. The van der Waals surface area contributed by atoms with E-state index in [1.165, 1.54) is 21.5 Å². The fourth-order valence-electron chi connectivity index (χ4n) is 2.00. The summed E-state index contributed by atoms with van der Waals surface area (Å²) in [6.45, 7) is 1.08. The van der Waals surface area contributed by atoms with E-state index in [-0.39, 0.29) is 17.5 Å². The Morgan fingerprint density at radius 3 is 2.84 bits per heavy atom. The highest BCUT2D eigenvalue weighted by atomic mass is 32.2. The summed E-state index contributed by atoms with van der Waals surface area (Å²) >= 11 is 0. The number of piperazine rings is 1. The molecule has 1 amide bonds. The Bertz CT molecular complexity index is 540. The van der Waals surface area contributed by atoms with E-state index < -0.39 is 16.1 Å². The summed E-state index contributed by atoms with van der Waals surface area (Å²) in [4.78, 5) is 13.5. The van der Waals surface area contributed by atoms with Crippen LogP contribution in [-0.2, 0) is 14.8 Å². The van der Waals surface area contributed by atoms with Gasteiger partial charge in [-0.2, -0.15) is 9.40 Å². The predicted octanol–water partition coefficient (Wildman–Crippen LogP) is -1.54. The maximum atomic E-state index is 12.4. The summed E-state index contributed by atoms with van der Waals surface area (Å²) in [5.74, 6) is -0.240. The predicted molar refractivity (Wildman–Crippen MR) is 67.8 cm³/mol. The minimum atomic E-state index is -3.72. The van der Waals surface area contributed by atoms with Gasteiger partial charge < -0.3 is 10.2 Å². The Balaban J connectivity index is 2.33. The van der Waals surface area contributed by atoms with Gasteiger partial charge in [0.2, 0.25) is 5.91 Å². The molecule has 1 aliphatic rings. The molecule has 0 saturated carbocycles. The molecule has 9 heteroatoms. The number of amides is 1. The zero-order valence-electron chi connectivity index (χ0n) is 10.8. The van der Waals surface area contributed by atoms with Gasteiger partial charge in [0.1, 0.15) is 6.04 Å². The van der Waals surface area contributed by atoms with E-state index in [0.29, 0.717) is 13.1 Å². The molecule has 0 radical (unpaired) electrons. The summed E-state index contributed by atoms with van der Waals surface area (Å²) in [7, 11) is -0.501. The lowest BCUT2D eigenvalue weighted by Gasteiger charge is -2.34. The van der Waals surface area contributed by atoms with Gasteiger partial charge in [-0.1, -0.05) is 0 Å². The molecule has 106 valence electrons. The van der Waals surface area contributed by atoms with Gasteiger partial charge in [-0.15, -0.1) is 0 Å². The van der Waals surface area contributed by atoms with Crippen LogP contribution in [-0.4, -0.2) is 73.5 Å². The summed E-state index contributed by atoms with van der Waals surface area (Å²) < 4.78 is 26.1. The minimum absolute atomic E-state index is 0.00551. The van der Waals surface area contributed by atoms with Crippen LogP contribution in [0.4, 0.5) is 0 Å². The smallest absolute Gasteiger partial charge is 0.260 e. The number of aromatic nitrogens is 2. The van der Waals surface area contributed by atoms with E-state index in [1.807, 2.05) is 0 Å². The molecule has 1 saturated heterocycles. The van der Waals surface area contributed by atoms with E-state index in [9.17, 15) is 13.2 Å². The van der Waals surface area contributed by atoms with Crippen LogP contribution in [0, 0.1) is 0 Å². The fraction of sp³-hybridized carbons (Fsp3) is 0.600. The number of nitrogens with zero attached hydrogens (tertiary/aromatic N) is 3. The molecular weight excluding hydrogens is 270 g/mol. The largest absolute Gasteiger partial charge is 0.347 e. The van der Waals surface area contributed by atoms with Gasteiger partial charge in [0.05, 0.1) is 6.20 Å². The SMILES string of the molecule is CN(C)C(=O)C1CNCCN1S(=O)(=O)c1ccn[nH]1. The van der Waals surface area contributed by atoms with Crippen molar-refractivity contribution in [1.29, 1.82) is 0 Å². The van der Waals surface area contributed by atoms with Gasteiger partial charge in [-0.05, 0) is 6.07 Å². The molecule has 2 N–H and O–H groups in total. The zero-order chi connectivity index (χ0) is 14.0. The number of hydrogen-bond donors (Lipinski definition) is 2. The molecule has 0 bridgehead atoms. The number of likely N-dealkylation sites (N-methyl/N-ethyl adjacent to an activating group) is 1. The molecule has 0 spiro atoms. The number of sulfonamides is 1. The Morgan fingerprint density at radius 1 is 1.53 bits per heavy atom. The molecule has 0 aliphatic carbocycles. The molecule has 1 atom stereocenters. The number of aromatic amines is 1. The van der Waals surface area contributed by atoms with Crippen molar-refractivity contribution in [3.8, 4) is 0 Å². The highest BCUT2D eigenvalue weighted by Crippen LogP contribution is 2.18. The van der Waals surface area contributed by atoms with Gasteiger partial charge in [-0.3, -0.25) is 9.89 Å². The third-order valence-corrected chi connectivity index (χ3v) is 4.82.